The van der Waals surface area contributed by atoms with Crippen molar-refractivity contribution in [2.45, 2.75) is 96.3 Å². The Labute approximate surface area is 115 Å². The molecule has 1 rings (SSSR count). The normalized spacial score (nSPS) is 22.2. The average molecular weight is 247 g/mol. The zero-order valence-electron chi connectivity index (χ0n) is 12.2. The predicted octanol–water partition coefficient (Wildman–Crippen LogP) is 6.06. The molecule has 1 aliphatic rings. The van der Waals surface area contributed by atoms with Crippen LogP contribution in [0.5, 0.6) is 0 Å². The fourth-order valence-corrected chi connectivity index (χ4v) is 2.62. The molecule has 0 bridgehead atoms. The standard InChI is InChI=1S/C18H31/c1-2-4-6-8-10-12-14-16-18-17-15-13-11-9-7-5-3-1/h1H,2,4,6-18H2. The molecule has 0 saturated heterocycles. The minimum absolute atomic E-state index is 1.11. The first-order chi connectivity index (χ1) is 9.00. The van der Waals surface area contributed by atoms with Gasteiger partial charge in [-0.1, -0.05) is 83.0 Å². The molecule has 0 heterocycles. The van der Waals surface area contributed by atoms with Gasteiger partial charge in [0.1, 0.15) is 0 Å². The highest BCUT2D eigenvalue weighted by Gasteiger charge is 1.94. The van der Waals surface area contributed by atoms with Crippen molar-refractivity contribution in [3.8, 4) is 11.8 Å². The van der Waals surface area contributed by atoms with E-state index in [-0.39, 0.29) is 0 Å². The molecule has 103 valence electrons. The van der Waals surface area contributed by atoms with Crippen LogP contribution >= 0.6 is 0 Å². The van der Waals surface area contributed by atoms with E-state index in [4.69, 9.17) is 0 Å². The first-order valence-corrected chi connectivity index (χ1v) is 8.30. The second-order valence-corrected chi connectivity index (χ2v) is 5.66. The second-order valence-electron chi connectivity index (χ2n) is 5.66. The van der Waals surface area contributed by atoms with Crippen molar-refractivity contribution in [2.24, 2.45) is 0 Å². The van der Waals surface area contributed by atoms with E-state index in [0.717, 1.165) is 6.42 Å². The molecule has 0 saturated carbocycles. The quantitative estimate of drug-likeness (QED) is 0.456. The Bertz CT molecular complexity index is 196. The van der Waals surface area contributed by atoms with E-state index < -0.39 is 0 Å². The molecule has 0 aliphatic heterocycles. The Kier molecular flexibility index (Phi) is 11.3. The van der Waals surface area contributed by atoms with E-state index >= 15 is 0 Å². The highest BCUT2D eigenvalue weighted by atomic mass is 14.0. The van der Waals surface area contributed by atoms with Gasteiger partial charge in [0, 0.05) is 12.8 Å². The van der Waals surface area contributed by atoms with E-state index in [9.17, 15) is 0 Å². The van der Waals surface area contributed by atoms with Gasteiger partial charge in [0.05, 0.1) is 0 Å². The van der Waals surface area contributed by atoms with Gasteiger partial charge in [-0.25, -0.2) is 0 Å². The lowest BCUT2D eigenvalue weighted by atomic mass is 10.0. The SMILES string of the molecule is C1#CCCCCCCCCCCCCCCC[CH]1. The molecule has 0 aromatic carbocycles. The van der Waals surface area contributed by atoms with Gasteiger partial charge in [-0.15, -0.1) is 5.92 Å². The zero-order chi connectivity index (χ0) is 12.7. The molecule has 0 heteroatoms. The molecule has 0 N–H and O–H groups in total. The summed E-state index contributed by atoms with van der Waals surface area (Å²) in [5.41, 5.74) is 0. The number of hydrogen-bond donors (Lipinski definition) is 0. The first kappa shape index (κ1) is 15.6. The van der Waals surface area contributed by atoms with Gasteiger partial charge in [-0.2, -0.15) is 0 Å². The van der Waals surface area contributed by atoms with Crippen molar-refractivity contribution < 1.29 is 0 Å². The third kappa shape index (κ3) is 10.7. The minimum atomic E-state index is 1.11. The molecule has 0 nitrogen and oxygen atoms in total. The molecule has 1 aliphatic carbocycles. The van der Waals surface area contributed by atoms with E-state index in [1.165, 1.54) is 89.9 Å². The monoisotopic (exact) mass is 247 g/mol. The van der Waals surface area contributed by atoms with Crippen LogP contribution in [0.4, 0.5) is 0 Å². The van der Waals surface area contributed by atoms with Crippen LogP contribution in [-0.4, -0.2) is 0 Å². The molecule has 0 fully saturated rings. The maximum absolute atomic E-state index is 3.28. The summed E-state index contributed by atoms with van der Waals surface area (Å²) in [6.45, 7) is 0. The van der Waals surface area contributed by atoms with Gasteiger partial charge in [0.15, 0.2) is 0 Å². The van der Waals surface area contributed by atoms with Crippen LogP contribution in [0.15, 0.2) is 0 Å². The average Bonchev–Trinajstić information content (AvgIpc) is 2.39. The highest BCUT2D eigenvalue weighted by molar-refractivity contribution is 5.09. The lowest BCUT2D eigenvalue weighted by Crippen LogP contribution is -1.84. The van der Waals surface area contributed by atoms with E-state index in [2.05, 4.69) is 18.3 Å². The van der Waals surface area contributed by atoms with Gasteiger partial charge >= 0.3 is 0 Å². The Balaban J connectivity index is 2.09. The topological polar surface area (TPSA) is 0 Å². The molecule has 1 radical (unpaired) electrons. The molecule has 0 aromatic heterocycles. The summed E-state index contributed by atoms with van der Waals surface area (Å²) < 4.78 is 0. The van der Waals surface area contributed by atoms with Crippen LogP contribution in [0.3, 0.4) is 0 Å². The number of hydrogen-bond acceptors (Lipinski definition) is 0. The van der Waals surface area contributed by atoms with Gasteiger partial charge in [0.2, 0.25) is 0 Å². The van der Waals surface area contributed by atoms with Crippen LogP contribution in [0.25, 0.3) is 0 Å². The van der Waals surface area contributed by atoms with Crippen LogP contribution in [0.1, 0.15) is 96.3 Å². The van der Waals surface area contributed by atoms with Gasteiger partial charge < -0.3 is 0 Å². The second kappa shape index (κ2) is 13.0. The van der Waals surface area contributed by atoms with Crippen molar-refractivity contribution in [1.82, 2.24) is 0 Å². The zero-order valence-corrected chi connectivity index (χ0v) is 12.2. The largest absolute Gasteiger partial charge is 0.103 e. The van der Waals surface area contributed by atoms with Crippen molar-refractivity contribution in [3.63, 3.8) is 0 Å². The summed E-state index contributed by atoms with van der Waals surface area (Å²) in [6, 6.07) is 0. The maximum Gasteiger partial charge on any atom is 0.0340 e. The fraction of sp³-hybridized carbons (Fsp3) is 0.833. The van der Waals surface area contributed by atoms with Crippen LogP contribution in [-0.2, 0) is 0 Å². The van der Waals surface area contributed by atoms with Gasteiger partial charge in [0.25, 0.3) is 0 Å². The molecule has 0 spiro atoms. The summed E-state index contributed by atoms with van der Waals surface area (Å²) in [7, 11) is 0. The van der Waals surface area contributed by atoms with Crippen molar-refractivity contribution in [1.29, 1.82) is 0 Å². The molecule has 0 amide bonds. The van der Waals surface area contributed by atoms with Gasteiger partial charge in [-0.05, 0) is 12.8 Å². The van der Waals surface area contributed by atoms with Crippen molar-refractivity contribution in [3.05, 3.63) is 6.42 Å². The summed E-state index contributed by atoms with van der Waals surface area (Å²) in [4.78, 5) is 0. The lowest BCUT2D eigenvalue weighted by molar-refractivity contribution is 0.537. The Morgan fingerprint density at radius 1 is 0.500 bits per heavy atom. The summed E-state index contributed by atoms with van der Waals surface area (Å²) in [6.07, 6.45) is 23.0. The van der Waals surface area contributed by atoms with Crippen molar-refractivity contribution in [2.75, 3.05) is 0 Å². The maximum atomic E-state index is 3.28. The molecule has 18 heavy (non-hydrogen) atoms. The lowest BCUT2D eigenvalue weighted by Gasteiger charge is -2.03. The van der Waals surface area contributed by atoms with E-state index in [1.807, 2.05) is 0 Å². The third-order valence-corrected chi connectivity index (χ3v) is 3.85. The van der Waals surface area contributed by atoms with Crippen molar-refractivity contribution >= 4 is 0 Å². The molecule has 0 aromatic rings. The Hall–Kier alpha value is -0.440. The van der Waals surface area contributed by atoms with Gasteiger partial charge in [-0.3, -0.25) is 0 Å². The molecule has 0 atom stereocenters. The molecular formula is C18H31. The Morgan fingerprint density at radius 2 is 0.944 bits per heavy atom. The Morgan fingerprint density at radius 3 is 1.50 bits per heavy atom. The third-order valence-electron chi connectivity index (χ3n) is 3.85. The summed E-state index contributed by atoms with van der Waals surface area (Å²) >= 11 is 0. The van der Waals surface area contributed by atoms with E-state index in [0.29, 0.717) is 0 Å². The fourth-order valence-electron chi connectivity index (χ4n) is 2.62. The molecular weight excluding hydrogens is 216 g/mol. The van der Waals surface area contributed by atoms with Crippen LogP contribution < -0.4 is 0 Å². The van der Waals surface area contributed by atoms with Crippen LogP contribution in [0, 0.1) is 18.3 Å². The van der Waals surface area contributed by atoms with Crippen LogP contribution in [0.2, 0.25) is 0 Å². The first-order valence-electron chi connectivity index (χ1n) is 8.30. The minimum Gasteiger partial charge on any atom is -0.103 e. The predicted molar refractivity (Wildman–Crippen MR) is 81.3 cm³/mol. The molecule has 0 unspecified atom stereocenters. The summed E-state index contributed by atoms with van der Waals surface area (Å²) in [5, 5.41) is 0. The number of rotatable bonds is 0. The summed E-state index contributed by atoms with van der Waals surface area (Å²) in [5.74, 6) is 6.50. The van der Waals surface area contributed by atoms with E-state index in [1.54, 1.807) is 0 Å². The highest BCUT2D eigenvalue weighted by Crippen LogP contribution is 2.13. The smallest absolute Gasteiger partial charge is 0.0340 e.